The van der Waals surface area contributed by atoms with Crippen molar-refractivity contribution >= 4 is 45.5 Å². The van der Waals surface area contributed by atoms with Crippen LogP contribution in [0.4, 0.5) is 0 Å². The van der Waals surface area contributed by atoms with Gasteiger partial charge in [0.25, 0.3) is 0 Å². The first-order chi connectivity index (χ1) is 1.00. The van der Waals surface area contributed by atoms with Crippen LogP contribution < -0.4 is 0 Å². The molecule has 0 aliphatic rings. The van der Waals surface area contributed by atoms with Gasteiger partial charge in [0.1, 0.15) is 0 Å². The molecule has 0 heterocycles. The van der Waals surface area contributed by atoms with Gasteiger partial charge in [-0.2, -0.15) is 0 Å². The third kappa shape index (κ3) is 8.99. The fourth-order valence-electron chi connectivity index (χ4n) is 0. The van der Waals surface area contributed by atoms with Crippen LogP contribution in [0.15, 0.2) is 0 Å². The molecule has 0 amide bonds. The van der Waals surface area contributed by atoms with E-state index < -0.39 is 0 Å². The second-order valence-corrected chi connectivity index (χ2v) is 0. The van der Waals surface area contributed by atoms with E-state index >= 15 is 0 Å². The molecule has 0 spiro atoms. The SMILES string of the molecule is [O]=[Y].[SrH2].[Zr]. The predicted octanol–water partition coefficient (Wildman–Crippen LogP) is -1.04. The predicted molar refractivity (Wildman–Crippen MR) is 9.23 cm³/mol. The van der Waals surface area contributed by atoms with Gasteiger partial charge in [0.15, 0.2) is 0 Å². The molecule has 0 N–H and O–H groups in total. The first-order valence-corrected chi connectivity index (χ1v) is 1.39. The molecule has 0 rings (SSSR count). The van der Waals surface area contributed by atoms with Crippen LogP contribution in [0, 0.1) is 0 Å². The Morgan fingerprint density at radius 1 is 1.25 bits per heavy atom. The van der Waals surface area contributed by atoms with Gasteiger partial charge in [-0.1, -0.05) is 0 Å². The van der Waals surface area contributed by atoms with Crippen LogP contribution >= 0.6 is 0 Å². The summed E-state index contributed by atoms with van der Waals surface area (Å²) >= 11 is 0.100. The van der Waals surface area contributed by atoms with E-state index in [9.17, 15) is 0 Å². The average Bonchev–Trinajstić information content (AvgIpc) is 1.00. The van der Waals surface area contributed by atoms with Crippen LogP contribution in [0.5, 0.6) is 0 Å². The third-order valence-electron chi connectivity index (χ3n) is 0. The molecule has 0 aromatic rings. The number of hydrogen-bond acceptors (Lipinski definition) is 1. The van der Waals surface area contributed by atoms with Crippen LogP contribution in [0.25, 0.3) is 0 Å². The van der Waals surface area contributed by atoms with Crippen molar-refractivity contribution in [1.29, 1.82) is 0 Å². The molecule has 4 heteroatoms. The van der Waals surface area contributed by atoms with Crippen molar-refractivity contribution in [2.45, 2.75) is 0 Å². The summed E-state index contributed by atoms with van der Waals surface area (Å²) in [6.45, 7) is 0. The van der Waals surface area contributed by atoms with Crippen molar-refractivity contribution in [3.8, 4) is 0 Å². The quantitative estimate of drug-likeness (QED) is 0.520. The average molecular weight is 286 g/mol. The Morgan fingerprint density at radius 2 is 1.25 bits per heavy atom. The second-order valence-electron chi connectivity index (χ2n) is 0. The fraction of sp³-hybridized carbons (Fsp3) is 0. The Bertz CT molecular complexity index is 8.00. The van der Waals surface area contributed by atoms with Gasteiger partial charge >= 0.3 is 78.5 Å². The van der Waals surface area contributed by atoms with E-state index in [4.69, 9.17) is 2.04 Å². The summed E-state index contributed by atoms with van der Waals surface area (Å²) in [5.41, 5.74) is 0. The van der Waals surface area contributed by atoms with E-state index in [0.29, 0.717) is 0 Å². The minimum atomic E-state index is 0. The Morgan fingerprint density at radius 3 is 1.25 bits per heavy atom. The topological polar surface area (TPSA) is 17.1 Å². The van der Waals surface area contributed by atoms with Gasteiger partial charge in [-0.15, -0.1) is 0 Å². The van der Waals surface area contributed by atoms with Crippen molar-refractivity contribution in [3.63, 3.8) is 0 Å². The molecule has 1 nitrogen and oxygen atoms in total. The monoisotopic (exact) mass is 285 g/mol. The van der Waals surface area contributed by atoms with E-state index in [1.165, 1.54) is 0 Å². The van der Waals surface area contributed by atoms with E-state index in [1.807, 2.05) is 0 Å². The van der Waals surface area contributed by atoms with E-state index in [0.717, 1.165) is 0 Å². The Labute approximate surface area is 102 Å². The molecule has 0 bridgehead atoms. The van der Waals surface area contributed by atoms with E-state index in [2.05, 4.69) is 0 Å². The molecule has 0 aromatic carbocycles. The molecular weight excluding hydrogens is 284 g/mol. The molecule has 0 fully saturated rings. The zero-order valence-corrected chi connectivity index (χ0v) is 6.78. The third-order valence-corrected chi connectivity index (χ3v) is 0. The van der Waals surface area contributed by atoms with Crippen LogP contribution in [0.1, 0.15) is 0 Å². The molecule has 4 heavy (non-hydrogen) atoms. The molecular formula is H2OSrYZr. The maximum atomic E-state index is 8.38. The smallest absolute Gasteiger partial charge is 0 e. The normalized spacial score (nSPS) is 1.50. The van der Waals surface area contributed by atoms with Gasteiger partial charge < -0.3 is 0 Å². The fourth-order valence-corrected chi connectivity index (χ4v) is 0. The Kier molecular flexibility index (Phi) is 63.8. The summed E-state index contributed by atoms with van der Waals surface area (Å²) in [4.78, 5) is 0. The minimum Gasteiger partial charge on any atom is 0 e. The standard InChI is InChI=1S/O.Sr.Y.Zr.2H. The molecule has 0 unspecified atom stereocenters. The van der Waals surface area contributed by atoms with Crippen LogP contribution in [0.2, 0.25) is 0 Å². The van der Waals surface area contributed by atoms with Crippen LogP contribution in [0.3, 0.4) is 0 Å². The Balaban J connectivity index is -0.00000000500. The summed E-state index contributed by atoms with van der Waals surface area (Å²) in [5, 5.41) is 0. The first kappa shape index (κ1) is 15.7. The van der Waals surface area contributed by atoms with Gasteiger partial charge in [-0.3, -0.25) is 0 Å². The van der Waals surface area contributed by atoms with Gasteiger partial charge in [0, 0.05) is 26.2 Å². The molecule has 0 radical (unpaired) electrons. The molecule has 0 atom stereocenters. The van der Waals surface area contributed by atoms with E-state index in [-0.39, 0.29) is 103 Å². The maximum Gasteiger partial charge on any atom is 0 e. The zero-order valence-electron chi connectivity index (χ0n) is 1.49. The van der Waals surface area contributed by atoms with Crippen molar-refractivity contribution in [2.24, 2.45) is 0 Å². The zero-order chi connectivity index (χ0) is 2.00. The van der Waals surface area contributed by atoms with Crippen molar-refractivity contribution in [1.82, 2.24) is 0 Å². The molecule has 0 saturated carbocycles. The molecule has 0 aromatic heterocycles. The molecule has 0 saturated heterocycles. The van der Waals surface area contributed by atoms with Gasteiger partial charge in [0.2, 0.25) is 0 Å². The molecule has 0 aliphatic carbocycles. The summed E-state index contributed by atoms with van der Waals surface area (Å²) in [5.74, 6) is 0. The van der Waals surface area contributed by atoms with Gasteiger partial charge in [0.05, 0.1) is 0 Å². The van der Waals surface area contributed by atoms with Gasteiger partial charge in [-0.25, -0.2) is 0 Å². The largest absolute Gasteiger partial charge is 0 e. The summed E-state index contributed by atoms with van der Waals surface area (Å²) in [7, 11) is 0. The first-order valence-electron chi connectivity index (χ1n) is 0.236. The van der Waals surface area contributed by atoms with Crippen LogP contribution in [-0.2, 0) is 59.3 Å². The van der Waals surface area contributed by atoms with E-state index in [1.54, 1.807) is 0 Å². The Hall–Kier alpha value is 3.27. The molecule has 0 aliphatic heterocycles. The summed E-state index contributed by atoms with van der Waals surface area (Å²) < 4.78 is 8.38. The summed E-state index contributed by atoms with van der Waals surface area (Å²) in [6.07, 6.45) is 0. The van der Waals surface area contributed by atoms with Crippen molar-refractivity contribution in [3.05, 3.63) is 0 Å². The van der Waals surface area contributed by atoms with Crippen LogP contribution in [-0.4, -0.2) is 45.5 Å². The van der Waals surface area contributed by atoms with Crippen molar-refractivity contribution in [2.75, 3.05) is 0 Å². The molecule has 17 valence electrons. The number of hydrogen-bond donors (Lipinski definition) is 0. The number of rotatable bonds is 0. The van der Waals surface area contributed by atoms with Gasteiger partial charge in [-0.05, 0) is 0 Å². The summed E-state index contributed by atoms with van der Waals surface area (Å²) in [6, 6.07) is 0. The second kappa shape index (κ2) is 16.3. The minimum absolute atomic E-state index is 0. The maximum absolute atomic E-state index is 8.38. The van der Waals surface area contributed by atoms with Crippen molar-refractivity contribution < 1.29 is 59.3 Å².